The van der Waals surface area contributed by atoms with Gasteiger partial charge in [0.25, 0.3) is 0 Å². The van der Waals surface area contributed by atoms with Crippen LogP contribution in [0.25, 0.3) is 0 Å². The van der Waals surface area contributed by atoms with Crippen molar-refractivity contribution >= 4 is 23.6 Å². The minimum Gasteiger partial charge on any atom is -0.479 e. The number of hydrogen-bond donors (Lipinski definition) is 2. The molecule has 0 radical (unpaired) electrons. The Labute approximate surface area is 126 Å². The predicted molar refractivity (Wildman–Crippen MR) is 76.2 cm³/mol. The molecule has 2 N–H and O–H groups in total. The molecule has 2 rings (SSSR count). The summed E-state index contributed by atoms with van der Waals surface area (Å²) in [5.41, 5.74) is 0.356. The maximum absolute atomic E-state index is 11.9. The van der Waals surface area contributed by atoms with Crippen molar-refractivity contribution in [2.45, 2.75) is 31.0 Å². The predicted octanol–water partition coefficient (Wildman–Crippen LogP) is 0.545. The van der Waals surface area contributed by atoms with Gasteiger partial charge in [0.2, 0.25) is 5.91 Å². The highest BCUT2D eigenvalue weighted by atomic mass is 32.2. The van der Waals surface area contributed by atoms with Crippen LogP contribution in [0.5, 0.6) is 0 Å². The molecule has 1 aromatic rings. The number of amides is 1. The molecule has 0 spiro atoms. The van der Waals surface area contributed by atoms with E-state index in [4.69, 9.17) is 4.74 Å². The first-order valence-electron chi connectivity index (χ1n) is 6.48. The first kappa shape index (κ1) is 15.7. The first-order valence-corrected chi connectivity index (χ1v) is 7.47. The number of rotatable bonds is 5. The van der Waals surface area contributed by atoms with E-state index in [9.17, 15) is 14.7 Å². The topological polar surface area (TPSA) is 101 Å². The van der Waals surface area contributed by atoms with Gasteiger partial charge in [0.1, 0.15) is 0 Å². The van der Waals surface area contributed by atoms with Crippen LogP contribution >= 0.6 is 11.8 Å². The van der Waals surface area contributed by atoms with Gasteiger partial charge in [-0.3, -0.25) is 4.79 Å². The number of aryl methyl sites for hydroxylation is 2. The van der Waals surface area contributed by atoms with E-state index < -0.39 is 11.5 Å². The molecule has 0 aliphatic carbocycles. The molecule has 0 bridgehead atoms. The molecule has 8 heteroatoms. The van der Waals surface area contributed by atoms with E-state index in [1.54, 1.807) is 0 Å². The van der Waals surface area contributed by atoms with E-state index in [0.717, 1.165) is 11.4 Å². The minimum atomic E-state index is -1.30. The quantitative estimate of drug-likeness (QED) is 0.604. The number of carbonyl (C=O) groups is 2. The van der Waals surface area contributed by atoms with Crippen LogP contribution in [0.4, 0.5) is 0 Å². The van der Waals surface area contributed by atoms with E-state index in [0.29, 0.717) is 11.8 Å². The van der Waals surface area contributed by atoms with Crippen LogP contribution in [-0.2, 0) is 14.3 Å². The Kier molecular flexibility index (Phi) is 4.79. The Bertz CT molecular complexity index is 538. The Morgan fingerprint density at radius 3 is 2.62 bits per heavy atom. The third-order valence-electron chi connectivity index (χ3n) is 3.10. The van der Waals surface area contributed by atoms with Gasteiger partial charge in [-0.2, -0.15) is 0 Å². The number of aromatic nitrogens is 2. The number of carboxylic acid groups (broad SMARTS) is 1. The lowest BCUT2D eigenvalue weighted by Crippen LogP contribution is -2.55. The summed E-state index contributed by atoms with van der Waals surface area (Å²) in [7, 11) is 0. The SMILES string of the molecule is Cc1cc(C)nc(SCC(=O)NC2(C(=O)O)CCOC2)n1. The number of ether oxygens (including phenoxy) is 1. The van der Waals surface area contributed by atoms with Crippen LogP contribution in [0.1, 0.15) is 17.8 Å². The molecule has 114 valence electrons. The summed E-state index contributed by atoms with van der Waals surface area (Å²) < 4.78 is 5.09. The van der Waals surface area contributed by atoms with Gasteiger partial charge >= 0.3 is 5.97 Å². The average Bonchev–Trinajstić information content (AvgIpc) is 2.85. The van der Waals surface area contributed by atoms with Crippen molar-refractivity contribution in [3.8, 4) is 0 Å². The second-order valence-corrected chi connectivity index (χ2v) is 5.90. The van der Waals surface area contributed by atoms with Gasteiger partial charge in [0, 0.05) is 24.4 Å². The lowest BCUT2D eigenvalue weighted by molar-refractivity contribution is -0.147. The molecule has 2 heterocycles. The van der Waals surface area contributed by atoms with Crippen LogP contribution in [0.15, 0.2) is 11.2 Å². The Hall–Kier alpha value is -1.67. The minimum absolute atomic E-state index is 0.00120. The van der Waals surface area contributed by atoms with Gasteiger partial charge < -0.3 is 15.2 Å². The van der Waals surface area contributed by atoms with Crippen molar-refractivity contribution in [1.29, 1.82) is 0 Å². The molecule has 1 amide bonds. The number of carboxylic acids is 1. The van der Waals surface area contributed by atoms with Crippen molar-refractivity contribution < 1.29 is 19.4 Å². The average molecular weight is 311 g/mol. The van der Waals surface area contributed by atoms with E-state index in [1.807, 2.05) is 19.9 Å². The van der Waals surface area contributed by atoms with E-state index in [1.165, 1.54) is 11.8 Å². The molecule has 0 saturated carbocycles. The zero-order chi connectivity index (χ0) is 15.5. The van der Waals surface area contributed by atoms with Crippen molar-refractivity contribution in [2.75, 3.05) is 19.0 Å². The van der Waals surface area contributed by atoms with E-state index >= 15 is 0 Å². The molecule has 1 aliphatic rings. The third-order valence-corrected chi connectivity index (χ3v) is 3.95. The van der Waals surface area contributed by atoms with E-state index in [-0.39, 0.29) is 24.7 Å². The fourth-order valence-corrected chi connectivity index (χ4v) is 2.83. The monoisotopic (exact) mass is 311 g/mol. The van der Waals surface area contributed by atoms with Crippen LogP contribution in [-0.4, -0.2) is 51.5 Å². The highest BCUT2D eigenvalue weighted by molar-refractivity contribution is 7.99. The molecule has 1 saturated heterocycles. The second-order valence-electron chi connectivity index (χ2n) is 4.96. The first-order chi connectivity index (χ1) is 9.91. The molecule has 1 atom stereocenters. The summed E-state index contributed by atoms with van der Waals surface area (Å²) in [4.78, 5) is 31.7. The summed E-state index contributed by atoms with van der Waals surface area (Å²) >= 11 is 1.18. The highest BCUT2D eigenvalue weighted by Crippen LogP contribution is 2.20. The fraction of sp³-hybridized carbons (Fsp3) is 0.538. The van der Waals surface area contributed by atoms with Gasteiger partial charge in [-0.25, -0.2) is 14.8 Å². The number of hydrogen-bond acceptors (Lipinski definition) is 6. The van der Waals surface area contributed by atoms with Crippen LogP contribution in [0.2, 0.25) is 0 Å². The Morgan fingerprint density at radius 2 is 2.10 bits per heavy atom. The maximum atomic E-state index is 11.9. The molecular weight excluding hydrogens is 294 g/mol. The molecule has 1 unspecified atom stereocenters. The molecule has 7 nitrogen and oxygen atoms in total. The number of aliphatic carboxylic acids is 1. The second kappa shape index (κ2) is 6.40. The Balaban J connectivity index is 1.94. The summed E-state index contributed by atoms with van der Waals surface area (Å²) in [6, 6.07) is 1.85. The lowest BCUT2D eigenvalue weighted by atomic mass is 9.99. The third kappa shape index (κ3) is 3.92. The van der Waals surface area contributed by atoms with Crippen molar-refractivity contribution in [2.24, 2.45) is 0 Å². The van der Waals surface area contributed by atoms with Gasteiger partial charge in [-0.05, 0) is 19.9 Å². The lowest BCUT2D eigenvalue weighted by Gasteiger charge is -2.23. The highest BCUT2D eigenvalue weighted by Gasteiger charge is 2.43. The fourth-order valence-electron chi connectivity index (χ4n) is 2.08. The van der Waals surface area contributed by atoms with Crippen molar-refractivity contribution in [1.82, 2.24) is 15.3 Å². The van der Waals surface area contributed by atoms with Gasteiger partial charge in [0.15, 0.2) is 10.7 Å². The van der Waals surface area contributed by atoms with E-state index in [2.05, 4.69) is 15.3 Å². The molecule has 0 aromatic carbocycles. The smallest absolute Gasteiger partial charge is 0.331 e. The van der Waals surface area contributed by atoms with Crippen LogP contribution < -0.4 is 5.32 Å². The van der Waals surface area contributed by atoms with Gasteiger partial charge in [-0.15, -0.1) is 0 Å². The van der Waals surface area contributed by atoms with Crippen molar-refractivity contribution in [3.05, 3.63) is 17.5 Å². The van der Waals surface area contributed by atoms with Gasteiger partial charge in [-0.1, -0.05) is 11.8 Å². The number of thioether (sulfide) groups is 1. The standard InChI is InChI=1S/C13H17N3O4S/c1-8-5-9(2)15-12(14-8)21-6-10(17)16-13(11(18)19)3-4-20-7-13/h5H,3-4,6-7H2,1-2H3,(H,16,17)(H,18,19). The Morgan fingerprint density at radius 1 is 1.43 bits per heavy atom. The number of carbonyl (C=O) groups excluding carboxylic acids is 1. The van der Waals surface area contributed by atoms with Crippen molar-refractivity contribution in [3.63, 3.8) is 0 Å². The van der Waals surface area contributed by atoms with Crippen LogP contribution in [0.3, 0.4) is 0 Å². The summed E-state index contributed by atoms with van der Waals surface area (Å²) in [6.45, 7) is 4.04. The zero-order valence-electron chi connectivity index (χ0n) is 11.9. The zero-order valence-corrected chi connectivity index (χ0v) is 12.7. The normalized spacial score (nSPS) is 21.2. The largest absolute Gasteiger partial charge is 0.479 e. The molecule has 1 fully saturated rings. The summed E-state index contributed by atoms with van der Waals surface area (Å²) in [5.74, 6) is -1.37. The number of nitrogens with zero attached hydrogens (tertiary/aromatic N) is 2. The maximum Gasteiger partial charge on any atom is 0.331 e. The summed E-state index contributed by atoms with van der Waals surface area (Å²) in [5, 5.41) is 12.3. The summed E-state index contributed by atoms with van der Waals surface area (Å²) in [6.07, 6.45) is 0.277. The molecular formula is C13H17N3O4S. The number of nitrogens with one attached hydrogen (secondary N) is 1. The molecule has 1 aromatic heterocycles. The van der Waals surface area contributed by atoms with Gasteiger partial charge in [0.05, 0.1) is 12.4 Å². The van der Waals surface area contributed by atoms with Crippen LogP contribution in [0, 0.1) is 13.8 Å². The molecule has 1 aliphatic heterocycles. The molecule has 21 heavy (non-hydrogen) atoms.